The molecule has 144 valence electrons. The van der Waals surface area contributed by atoms with E-state index in [1.54, 1.807) is 0 Å². The van der Waals surface area contributed by atoms with E-state index < -0.39 is 0 Å². The largest absolute Gasteiger partial charge is 0.486 e. The number of hydrogen-bond donors (Lipinski definition) is 2. The summed E-state index contributed by atoms with van der Waals surface area (Å²) in [6.45, 7) is 4.38. The minimum absolute atomic E-state index is 0. The van der Waals surface area contributed by atoms with Crippen LogP contribution in [0.25, 0.3) is 0 Å². The number of aryl methyl sites for hydroxylation is 1. The van der Waals surface area contributed by atoms with Gasteiger partial charge in [0.05, 0.1) is 12.1 Å². The highest BCUT2D eigenvalue weighted by atomic mass is 35.5. The lowest BCUT2D eigenvalue weighted by Gasteiger charge is -2.23. The molecule has 3 rings (SSSR count). The topological polar surface area (TPSA) is 63.2 Å². The zero-order valence-corrected chi connectivity index (χ0v) is 17.1. The Morgan fingerprint density at radius 1 is 1.35 bits per heavy atom. The maximum Gasteiger partial charge on any atom is 0.226 e. The number of benzene rings is 1. The molecule has 1 amide bonds. The van der Waals surface area contributed by atoms with E-state index in [9.17, 15) is 4.79 Å². The molecule has 1 atom stereocenters. The van der Waals surface area contributed by atoms with Gasteiger partial charge in [-0.05, 0) is 38.4 Å². The number of amides is 1. The summed E-state index contributed by atoms with van der Waals surface area (Å²) in [5, 5.41) is 9.19. The Morgan fingerprint density at radius 2 is 2.12 bits per heavy atom. The molecule has 2 N–H and O–H groups in total. The molecule has 0 aliphatic carbocycles. The Labute approximate surface area is 170 Å². The van der Waals surface area contributed by atoms with Crippen LogP contribution in [-0.2, 0) is 17.8 Å². The van der Waals surface area contributed by atoms with E-state index in [4.69, 9.17) is 4.74 Å². The van der Waals surface area contributed by atoms with E-state index in [2.05, 4.69) is 15.6 Å². The fourth-order valence-corrected chi connectivity index (χ4v) is 3.40. The van der Waals surface area contributed by atoms with Crippen LogP contribution in [0.4, 0.5) is 0 Å². The lowest BCUT2D eigenvalue weighted by atomic mass is 10.1. The number of halogens is 2. The maximum atomic E-state index is 12.1. The minimum atomic E-state index is 0. The van der Waals surface area contributed by atoms with Gasteiger partial charge in [0, 0.05) is 18.0 Å². The smallest absolute Gasteiger partial charge is 0.226 e. The molecule has 0 unspecified atom stereocenters. The molecule has 1 saturated heterocycles. The van der Waals surface area contributed by atoms with Crippen molar-refractivity contribution in [2.75, 3.05) is 13.1 Å². The van der Waals surface area contributed by atoms with E-state index in [0.29, 0.717) is 13.0 Å². The fourth-order valence-electron chi connectivity index (χ4n) is 2.69. The van der Waals surface area contributed by atoms with Crippen molar-refractivity contribution in [3.05, 3.63) is 45.9 Å². The average Bonchev–Trinajstić information content (AvgIpc) is 3.02. The summed E-state index contributed by atoms with van der Waals surface area (Å²) in [6.07, 6.45) is 2.49. The van der Waals surface area contributed by atoms with Crippen molar-refractivity contribution < 1.29 is 9.53 Å². The molecule has 1 aliphatic rings. The van der Waals surface area contributed by atoms with Gasteiger partial charge in [-0.1, -0.05) is 17.7 Å². The Bertz CT molecular complexity index is 673. The summed E-state index contributed by atoms with van der Waals surface area (Å²) in [5.74, 6) is 0.875. The second-order valence-corrected chi connectivity index (χ2v) is 7.06. The summed E-state index contributed by atoms with van der Waals surface area (Å²) in [4.78, 5) is 16.6. The Morgan fingerprint density at radius 3 is 2.81 bits per heavy atom. The van der Waals surface area contributed by atoms with Crippen molar-refractivity contribution in [1.82, 2.24) is 15.6 Å². The highest BCUT2D eigenvalue weighted by Gasteiger charge is 2.16. The van der Waals surface area contributed by atoms with Crippen LogP contribution in [0.1, 0.15) is 29.1 Å². The van der Waals surface area contributed by atoms with E-state index in [-0.39, 0.29) is 36.8 Å². The van der Waals surface area contributed by atoms with Gasteiger partial charge in [0.25, 0.3) is 0 Å². The minimum Gasteiger partial charge on any atom is -0.486 e. The van der Waals surface area contributed by atoms with Crippen LogP contribution in [0.5, 0.6) is 5.75 Å². The van der Waals surface area contributed by atoms with Crippen LogP contribution in [0.2, 0.25) is 0 Å². The number of nitrogens with one attached hydrogen (secondary N) is 2. The number of ether oxygens (including phenoxy) is 1. The summed E-state index contributed by atoms with van der Waals surface area (Å²) in [7, 11) is 0. The van der Waals surface area contributed by atoms with Crippen LogP contribution in [0, 0.1) is 6.92 Å². The number of carbonyl (C=O) groups is 1. The van der Waals surface area contributed by atoms with Crippen LogP contribution in [0.15, 0.2) is 29.6 Å². The molecular weight excluding hydrogens is 393 g/mol. The summed E-state index contributed by atoms with van der Waals surface area (Å²) < 4.78 is 5.73. The second-order valence-electron chi connectivity index (χ2n) is 6.12. The van der Waals surface area contributed by atoms with Gasteiger partial charge < -0.3 is 15.4 Å². The van der Waals surface area contributed by atoms with Gasteiger partial charge in [-0.25, -0.2) is 4.98 Å². The summed E-state index contributed by atoms with van der Waals surface area (Å²) in [6, 6.07) is 8.19. The molecular formula is C18H25Cl2N3O2S. The monoisotopic (exact) mass is 417 g/mol. The van der Waals surface area contributed by atoms with E-state index in [1.165, 1.54) is 16.9 Å². The fraction of sp³-hybridized carbons (Fsp3) is 0.444. The molecule has 1 aromatic carbocycles. The first-order chi connectivity index (χ1) is 11.7. The predicted molar refractivity (Wildman–Crippen MR) is 110 cm³/mol. The molecule has 1 aliphatic heterocycles. The van der Waals surface area contributed by atoms with Crippen molar-refractivity contribution in [2.45, 2.75) is 38.8 Å². The molecule has 0 bridgehead atoms. The number of carbonyl (C=O) groups excluding carboxylic acids is 1. The third-order valence-corrected chi connectivity index (χ3v) is 4.86. The molecule has 1 aromatic heterocycles. The number of piperidine rings is 1. The average molecular weight is 418 g/mol. The Hall–Kier alpha value is -1.34. The van der Waals surface area contributed by atoms with Crippen molar-refractivity contribution in [1.29, 1.82) is 0 Å². The van der Waals surface area contributed by atoms with Crippen molar-refractivity contribution in [3.63, 3.8) is 0 Å². The van der Waals surface area contributed by atoms with Gasteiger partial charge in [-0.15, -0.1) is 36.2 Å². The highest BCUT2D eigenvalue weighted by molar-refractivity contribution is 7.09. The first kappa shape index (κ1) is 22.7. The molecule has 8 heteroatoms. The molecule has 5 nitrogen and oxygen atoms in total. The van der Waals surface area contributed by atoms with Crippen LogP contribution >= 0.6 is 36.2 Å². The number of nitrogens with zero attached hydrogens (tertiary/aromatic N) is 1. The number of hydrogen-bond acceptors (Lipinski definition) is 5. The van der Waals surface area contributed by atoms with Gasteiger partial charge in [-0.3, -0.25) is 4.79 Å². The van der Waals surface area contributed by atoms with Crippen molar-refractivity contribution in [2.24, 2.45) is 0 Å². The van der Waals surface area contributed by atoms with Crippen molar-refractivity contribution in [3.8, 4) is 5.75 Å². The van der Waals surface area contributed by atoms with Gasteiger partial charge in [0.2, 0.25) is 5.91 Å². The number of aromatic nitrogens is 1. The first-order valence-corrected chi connectivity index (χ1v) is 9.20. The van der Waals surface area contributed by atoms with E-state index in [0.717, 1.165) is 42.4 Å². The molecule has 26 heavy (non-hydrogen) atoms. The second kappa shape index (κ2) is 11.4. The number of rotatable bonds is 6. The third-order valence-electron chi connectivity index (χ3n) is 3.99. The third kappa shape index (κ3) is 7.11. The molecule has 1 fully saturated rings. The molecule has 2 aromatic rings. The SMILES string of the molecule is Cc1ccc(OCc2nc(CC(=O)N[C@H]3CCCNC3)cs2)cc1.Cl.Cl. The summed E-state index contributed by atoms with van der Waals surface area (Å²) >= 11 is 1.53. The van der Waals surface area contributed by atoms with Gasteiger partial charge in [0.1, 0.15) is 17.4 Å². The van der Waals surface area contributed by atoms with Crippen LogP contribution < -0.4 is 15.4 Å². The van der Waals surface area contributed by atoms with Crippen LogP contribution in [0.3, 0.4) is 0 Å². The molecule has 0 saturated carbocycles. The molecule has 2 heterocycles. The summed E-state index contributed by atoms with van der Waals surface area (Å²) in [5.41, 5.74) is 2.02. The standard InChI is InChI=1S/C18H23N3O2S.2ClH/c1-13-4-6-16(7-5-13)23-11-18-21-15(12-24-18)9-17(22)20-14-3-2-8-19-10-14;;/h4-7,12,14,19H,2-3,8-11H2,1H3,(H,20,22);2*1H/t14-;;/m0../s1. The Balaban J connectivity index is 0.00000169. The Kier molecular flexibility index (Phi) is 9.94. The van der Waals surface area contributed by atoms with Crippen LogP contribution in [-0.4, -0.2) is 30.0 Å². The predicted octanol–water partition coefficient (Wildman–Crippen LogP) is 3.28. The quantitative estimate of drug-likeness (QED) is 0.756. The van der Waals surface area contributed by atoms with Gasteiger partial charge in [-0.2, -0.15) is 0 Å². The highest BCUT2D eigenvalue weighted by Crippen LogP contribution is 2.16. The van der Waals surface area contributed by atoms with E-state index >= 15 is 0 Å². The maximum absolute atomic E-state index is 12.1. The van der Waals surface area contributed by atoms with Gasteiger partial charge in [0.15, 0.2) is 0 Å². The molecule has 0 spiro atoms. The van der Waals surface area contributed by atoms with Crippen molar-refractivity contribution >= 4 is 42.1 Å². The lowest BCUT2D eigenvalue weighted by molar-refractivity contribution is -0.121. The first-order valence-electron chi connectivity index (χ1n) is 8.32. The number of thiazole rings is 1. The zero-order valence-electron chi connectivity index (χ0n) is 14.7. The zero-order chi connectivity index (χ0) is 16.8. The lowest BCUT2D eigenvalue weighted by Crippen LogP contribution is -2.46. The molecule has 0 radical (unpaired) electrons. The van der Waals surface area contributed by atoms with E-state index in [1.807, 2.05) is 36.6 Å². The normalized spacial score (nSPS) is 16.1. The van der Waals surface area contributed by atoms with Gasteiger partial charge >= 0.3 is 0 Å².